The van der Waals surface area contributed by atoms with Crippen LogP contribution in [0.5, 0.6) is 5.75 Å². The number of nitrogens with zero attached hydrogens (tertiary/aromatic N) is 1. The predicted octanol–water partition coefficient (Wildman–Crippen LogP) is 4.22. The number of amides is 1. The van der Waals surface area contributed by atoms with Gasteiger partial charge in [-0.3, -0.25) is 4.79 Å². The zero-order valence-electron chi connectivity index (χ0n) is 17.4. The van der Waals surface area contributed by atoms with Crippen LogP contribution in [0.25, 0.3) is 0 Å². The number of nitrogens with one attached hydrogen (secondary N) is 1. The van der Waals surface area contributed by atoms with Crippen LogP contribution in [0.15, 0.2) is 71.6 Å². The van der Waals surface area contributed by atoms with Crippen molar-refractivity contribution in [1.82, 2.24) is 4.31 Å². The number of halogens is 1. The van der Waals surface area contributed by atoms with E-state index in [1.54, 1.807) is 13.0 Å². The lowest BCUT2D eigenvalue weighted by Crippen LogP contribution is -2.27. The van der Waals surface area contributed by atoms with Crippen molar-refractivity contribution >= 4 is 21.6 Å². The summed E-state index contributed by atoms with van der Waals surface area (Å²) in [4.78, 5) is 12.5. The molecule has 3 rings (SSSR count). The van der Waals surface area contributed by atoms with Gasteiger partial charge in [-0.1, -0.05) is 36.4 Å². The van der Waals surface area contributed by atoms with E-state index < -0.39 is 21.7 Å². The van der Waals surface area contributed by atoms with Crippen molar-refractivity contribution < 1.29 is 22.3 Å². The lowest BCUT2D eigenvalue weighted by Gasteiger charge is -2.19. The molecule has 0 saturated carbocycles. The topological polar surface area (TPSA) is 75.7 Å². The van der Waals surface area contributed by atoms with Crippen molar-refractivity contribution in [1.29, 1.82) is 0 Å². The molecular formula is C23H23FN2O4S. The van der Waals surface area contributed by atoms with Crippen molar-refractivity contribution in [3.63, 3.8) is 0 Å². The maximum atomic E-state index is 14.1. The molecule has 3 aromatic carbocycles. The van der Waals surface area contributed by atoms with Crippen molar-refractivity contribution in [3.05, 3.63) is 89.2 Å². The molecule has 0 aliphatic heterocycles. The molecule has 0 spiro atoms. The molecule has 162 valence electrons. The minimum atomic E-state index is -3.97. The highest BCUT2D eigenvalue weighted by molar-refractivity contribution is 7.89. The number of aryl methyl sites for hydroxylation is 1. The number of ether oxygens (including phenoxy) is 1. The van der Waals surface area contributed by atoms with E-state index >= 15 is 0 Å². The minimum Gasteiger partial charge on any atom is -0.495 e. The second kappa shape index (κ2) is 9.28. The van der Waals surface area contributed by atoms with Crippen molar-refractivity contribution in [3.8, 4) is 5.75 Å². The fraction of sp³-hybridized carbons (Fsp3) is 0.174. The number of anilines is 1. The lowest BCUT2D eigenvalue weighted by molar-refractivity contribution is 0.102. The van der Waals surface area contributed by atoms with Crippen LogP contribution in [-0.4, -0.2) is 32.8 Å². The zero-order valence-corrected chi connectivity index (χ0v) is 18.2. The first-order valence-electron chi connectivity index (χ1n) is 9.48. The predicted molar refractivity (Wildman–Crippen MR) is 117 cm³/mol. The summed E-state index contributed by atoms with van der Waals surface area (Å²) in [5.74, 6) is -1.09. The molecule has 8 heteroatoms. The van der Waals surface area contributed by atoms with Gasteiger partial charge in [0.15, 0.2) is 0 Å². The van der Waals surface area contributed by atoms with Gasteiger partial charge in [-0.05, 0) is 48.4 Å². The van der Waals surface area contributed by atoms with Crippen molar-refractivity contribution in [2.75, 3.05) is 19.5 Å². The van der Waals surface area contributed by atoms with E-state index in [2.05, 4.69) is 5.32 Å². The molecule has 0 bridgehead atoms. The first kappa shape index (κ1) is 22.5. The van der Waals surface area contributed by atoms with Crippen LogP contribution >= 0.6 is 0 Å². The SMILES string of the molecule is COc1ccc(C(=O)Nc2ccc(C)cc2F)cc1S(=O)(=O)N(C)Cc1ccccc1. The molecule has 0 fully saturated rings. The number of rotatable bonds is 7. The smallest absolute Gasteiger partial charge is 0.255 e. The fourth-order valence-electron chi connectivity index (χ4n) is 3.03. The highest BCUT2D eigenvalue weighted by atomic mass is 32.2. The average molecular weight is 443 g/mol. The number of carbonyl (C=O) groups excluding carboxylic acids is 1. The highest BCUT2D eigenvalue weighted by Gasteiger charge is 2.26. The first-order chi connectivity index (χ1) is 14.7. The maximum Gasteiger partial charge on any atom is 0.255 e. The van der Waals surface area contributed by atoms with Gasteiger partial charge in [-0.25, -0.2) is 12.8 Å². The van der Waals surface area contributed by atoms with Gasteiger partial charge in [0.25, 0.3) is 5.91 Å². The molecule has 1 N–H and O–H groups in total. The number of carbonyl (C=O) groups is 1. The zero-order chi connectivity index (χ0) is 22.6. The van der Waals surface area contributed by atoms with Gasteiger partial charge in [-0.2, -0.15) is 4.31 Å². The summed E-state index contributed by atoms with van der Waals surface area (Å²) in [7, 11) is -1.16. The summed E-state index contributed by atoms with van der Waals surface area (Å²) in [5.41, 5.74) is 1.61. The monoisotopic (exact) mass is 442 g/mol. The van der Waals surface area contributed by atoms with E-state index in [1.165, 1.54) is 48.8 Å². The van der Waals surface area contributed by atoms with Crippen LogP contribution in [0, 0.1) is 12.7 Å². The second-order valence-electron chi connectivity index (χ2n) is 7.05. The van der Waals surface area contributed by atoms with Crippen LogP contribution < -0.4 is 10.1 Å². The van der Waals surface area contributed by atoms with Gasteiger partial charge < -0.3 is 10.1 Å². The average Bonchev–Trinajstić information content (AvgIpc) is 2.75. The number of methoxy groups -OCH3 is 1. The van der Waals surface area contributed by atoms with Gasteiger partial charge in [0, 0.05) is 19.2 Å². The summed E-state index contributed by atoms with van der Waals surface area (Å²) in [6.07, 6.45) is 0. The Labute approximate surface area is 181 Å². The van der Waals surface area contributed by atoms with E-state index in [0.717, 1.165) is 11.1 Å². The molecule has 1 amide bonds. The minimum absolute atomic E-state index is 0.0111. The Morgan fingerprint density at radius 3 is 2.42 bits per heavy atom. The standard InChI is InChI=1S/C23H23FN2O4S/c1-16-9-11-20(19(24)13-16)25-23(27)18-10-12-21(30-3)22(14-18)31(28,29)26(2)15-17-7-5-4-6-8-17/h4-14H,15H2,1-3H3,(H,25,27). The summed E-state index contributed by atoms with van der Waals surface area (Å²) in [6.45, 7) is 1.89. The first-order valence-corrected chi connectivity index (χ1v) is 10.9. The third-order valence-corrected chi connectivity index (χ3v) is 6.56. The molecule has 3 aromatic rings. The van der Waals surface area contributed by atoms with Crippen LogP contribution in [0.4, 0.5) is 10.1 Å². The Morgan fingerprint density at radius 1 is 1.06 bits per heavy atom. The fourth-order valence-corrected chi connectivity index (χ4v) is 4.37. The van der Waals surface area contributed by atoms with Gasteiger partial charge in [0.05, 0.1) is 12.8 Å². The summed E-state index contributed by atoms with van der Waals surface area (Å²) < 4.78 is 46.9. The summed E-state index contributed by atoms with van der Waals surface area (Å²) in [6, 6.07) is 17.6. The molecule has 0 heterocycles. The molecule has 0 unspecified atom stereocenters. The van der Waals surface area contributed by atoms with E-state index in [1.807, 2.05) is 30.3 Å². The van der Waals surface area contributed by atoms with Crippen LogP contribution in [-0.2, 0) is 16.6 Å². The highest BCUT2D eigenvalue weighted by Crippen LogP contribution is 2.29. The molecule has 6 nitrogen and oxygen atoms in total. The molecule has 0 aliphatic carbocycles. The third kappa shape index (κ3) is 5.10. The van der Waals surface area contributed by atoms with Crippen molar-refractivity contribution in [2.45, 2.75) is 18.4 Å². The van der Waals surface area contributed by atoms with Crippen molar-refractivity contribution in [2.24, 2.45) is 0 Å². The van der Waals surface area contributed by atoms with Gasteiger partial charge in [-0.15, -0.1) is 0 Å². The molecule has 0 radical (unpaired) electrons. The van der Waals surface area contributed by atoms with E-state index in [9.17, 15) is 17.6 Å². The Kier molecular flexibility index (Phi) is 6.72. The van der Waals surface area contributed by atoms with Gasteiger partial charge in [0.2, 0.25) is 10.0 Å². The van der Waals surface area contributed by atoms with Crippen LogP contribution in [0.1, 0.15) is 21.5 Å². The largest absolute Gasteiger partial charge is 0.495 e. The Morgan fingerprint density at radius 2 is 1.77 bits per heavy atom. The van der Waals surface area contributed by atoms with E-state index in [-0.39, 0.29) is 28.4 Å². The molecule has 0 aromatic heterocycles. The van der Waals surface area contributed by atoms with Gasteiger partial charge >= 0.3 is 0 Å². The maximum absolute atomic E-state index is 14.1. The number of sulfonamides is 1. The Bertz CT molecular complexity index is 1200. The normalized spacial score (nSPS) is 11.4. The summed E-state index contributed by atoms with van der Waals surface area (Å²) >= 11 is 0. The Balaban J connectivity index is 1.91. The number of hydrogen-bond donors (Lipinski definition) is 1. The molecule has 0 aliphatic rings. The molecule has 0 saturated heterocycles. The Hall–Kier alpha value is -3.23. The number of hydrogen-bond acceptors (Lipinski definition) is 4. The van der Waals surface area contributed by atoms with E-state index in [4.69, 9.17) is 4.74 Å². The molecule has 31 heavy (non-hydrogen) atoms. The van der Waals surface area contributed by atoms with Gasteiger partial charge in [0.1, 0.15) is 16.5 Å². The summed E-state index contributed by atoms with van der Waals surface area (Å²) in [5, 5.41) is 2.48. The quantitative estimate of drug-likeness (QED) is 0.595. The van der Waals surface area contributed by atoms with E-state index in [0.29, 0.717) is 0 Å². The number of benzene rings is 3. The van der Waals surface area contributed by atoms with Crippen LogP contribution in [0.3, 0.4) is 0 Å². The van der Waals surface area contributed by atoms with Crippen LogP contribution in [0.2, 0.25) is 0 Å². The second-order valence-corrected chi connectivity index (χ2v) is 9.06. The molecular weight excluding hydrogens is 419 g/mol. The third-order valence-electron chi connectivity index (χ3n) is 4.73. The molecule has 0 atom stereocenters. The lowest BCUT2D eigenvalue weighted by atomic mass is 10.1.